The molecular weight excluding hydrogens is 182 g/mol. The molecule has 0 amide bonds. The maximum absolute atomic E-state index is 4.29. The van der Waals surface area contributed by atoms with E-state index in [1.165, 1.54) is 36.8 Å². The monoisotopic (exact) mass is 204 g/mol. The van der Waals surface area contributed by atoms with Gasteiger partial charge in [0, 0.05) is 0 Å². The van der Waals surface area contributed by atoms with Gasteiger partial charge < -0.3 is 0 Å². The molecule has 0 radical (unpaired) electrons. The third-order valence-corrected chi connectivity index (χ3v) is 4.85. The molecule has 82 valence electrons. The van der Waals surface area contributed by atoms with Crippen molar-refractivity contribution in [2.24, 2.45) is 10.8 Å². The van der Waals surface area contributed by atoms with Crippen molar-refractivity contribution in [3.63, 3.8) is 0 Å². The molecule has 1 fully saturated rings. The molecule has 0 heteroatoms. The molecule has 0 bridgehead atoms. The fourth-order valence-corrected chi connectivity index (χ4v) is 3.15. The largest absolute Gasteiger partial charge is 0.0993 e. The lowest BCUT2D eigenvalue weighted by Gasteiger charge is -2.45. The summed E-state index contributed by atoms with van der Waals surface area (Å²) in [4.78, 5) is 0. The van der Waals surface area contributed by atoms with Gasteiger partial charge in [-0.25, -0.2) is 0 Å². The van der Waals surface area contributed by atoms with E-state index in [4.69, 9.17) is 0 Å². The summed E-state index contributed by atoms with van der Waals surface area (Å²) < 4.78 is 0. The first-order chi connectivity index (χ1) is 6.98. The lowest BCUT2D eigenvalue weighted by molar-refractivity contribution is 0.156. The molecule has 0 heterocycles. The Hall–Kier alpha value is -0.780. The second kappa shape index (κ2) is 3.37. The average Bonchev–Trinajstić information content (AvgIpc) is 2.54. The van der Waals surface area contributed by atoms with Gasteiger partial charge in [0.25, 0.3) is 0 Å². The van der Waals surface area contributed by atoms with Gasteiger partial charge in [0.15, 0.2) is 0 Å². The number of allylic oxidation sites excluding steroid dienone is 4. The summed E-state index contributed by atoms with van der Waals surface area (Å²) >= 11 is 0. The van der Waals surface area contributed by atoms with Gasteiger partial charge in [0.2, 0.25) is 0 Å². The standard InChI is InChI=1S/C15H22/c1-12-7-10-14(3,11-8-12)15(4)9-5-6-13(15)2/h7,10H,1-2,5-6,8-9,11H2,3-4H3/t14-,15+/m1/s1/i1+2. The Morgan fingerprint density at radius 1 is 1.27 bits per heavy atom. The van der Waals surface area contributed by atoms with E-state index in [1.54, 1.807) is 0 Å². The van der Waals surface area contributed by atoms with Gasteiger partial charge in [0.1, 0.15) is 0 Å². The minimum absolute atomic E-state index is 0.307. The van der Waals surface area contributed by atoms with Gasteiger partial charge in [0.05, 0.1) is 0 Å². The van der Waals surface area contributed by atoms with E-state index < -0.39 is 0 Å². The highest BCUT2D eigenvalue weighted by molar-refractivity contribution is 5.30. The van der Waals surface area contributed by atoms with Gasteiger partial charge >= 0.3 is 0 Å². The molecule has 1 saturated carbocycles. The van der Waals surface area contributed by atoms with Gasteiger partial charge in [-0.1, -0.05) is 50.3 Å². The molecule has 2 aliphatic carbocycles. The number of hydrogen-bond acceptors (Lipinski definition) is 0. The highest BCUT2D eigenvalue weighted by Crippen LogP contribution is 2.57. The normalized spacial score (nSPS) is 41.2. The van der Waals surface area contributed by atoms with E-state index in [1.807, 2.05) is 0 Å². The van der Waals surface area contributed by atoms with Crippen molar-refractivity contribution in [2.75, 3.05) is 0 Å². The molecule has 0 aromatic heterocycles. The molecule has 0 aromatic rings. The second-order valence-corrected chi connectivity index (χ2v) is 5.70. The third kappa shape index (κ3) is 1.51. The SMILES string of the molecule is C=C1CCC[C@]1(C)[C@]1(C)C=CC(=[14CH2])CC1. The van der Waals surface area contributed by atoms with Crippen LogP contribution in [0.2, 0.25) is 0 Å². The van der Waals surface area contributed by atoms with Crippen LogP contribution in [-0.2, 0) is 0 Å². The summed E-state index contributed by atoms with van der Waals surface area (Å²) in [6.07, 6.45) is 10.8. The first kappa shape index (κ1) is 10.7. The molecular formula is C15H22. The first-order valence-electron chi connectivity index (χ1n) is 6.03. The van der Waals surface area contributed by atoms with E-state index in [9.17, 15) is 0 Å². The smallest absolute Gasteiger partial charge is 0.00305 e. The van der Waals surface area contributed by atoms with E-state index in [-0.39, 0.29) is 0 Å². The molecule has 2 atom stereocenters. The lowest BCUT2D eigenvalue weighted by atomic mass is 9.59. The van der Waals surface area contributed by atoms with Crippen molar-refractivity contribution in [1.82, 2.24) is 0 Å². The molecule has 0 nitrogen and oxygen atoms in total. The quantitative estimate of drug-likeness (QED) is 0.546. The van der Waals surface area contributed by atoms with E-state index in [0.717, 1.165) is 6.42 Å². The van der Waals surface area contributed by atoms with Crippen LogP contribution in [0.1, 0.15) is 46.0 Å². The Bertz CT molecular complexity index is 334. The van der Waals surface area contributed by atoms with Gasteiger partial charge in [-0.15, -0.1) is 0 Å². The van der Waals surface area contributed by atoms with Crippen LogP contribution < -0.4 is 0 Å². The summed E-state index contributed by atoms with van der Waals surface area (Å²) in [5.41, 5.74) is 3.37. The van der Waals surface area contributed by atoms with Crippen molar-refractivity contribution in [2.45, 2.75) is 46.0 Å². The van der Waals surface area contributed by atoms with Crippen LogP contribution in [0.3, 0.4) is 0 Å². The summed E-state index contributed by atoms with van der Waals surface area (Å²) in [6, 6.07) is 0. The fourth-order valence-electron chi connectivity index (χ4n) is 3.15. The maximum Gasteiger partial charge on any atom is -0.00305 e. The average molecular weight is 204 g/mol. The van der Waals surface area contributed by atoms with Crippen molar-refractivity contribution in [1.29, 1.82) is 0 Å². The molecule has 15 heavy (non-hydrogen) atoms. The maximum atomic E-state index is 4.29. The topological polar surface area (TPSA) is 0 Å². The van der Waals surface area contributed by atoms with Crippen molar-refractivity contribution in [3.05, 3.63) is 36.5 Å². The summed E-state index contributed by atoms with van der Waals surface area (Å²) in [7, 11) is 0. The lowest BCUT2D eigenvalue weighted by Crippen LogP contribution is -2.36. The molecule has 0 N–H and O–H groups in total. The van der Waals surface area contributed by atoms with Crippen LogP contribution in [0.5, 0.6) is 0 Å². The Morgan fingerprint density at radius 3 is 2.47 bits per heavy atom. The predicted octanol–water partition coefficient (Wildman–Crippen LogP) is 4.65. The second-order valence-electron chi connectivity index (χ2n) is 5.70. The van der Waals surface area contributed by atoms with Crippen LogP contribution in [0.25, 0.3) is 0 Å². The molecule has 0 aliphatic heterocycles. The zero-order chi connectivity index (χ0) is 11.1. The molecule has 0 saturated heterocycles. The van der Waals surface area contributed by atoms with E-state index >= 15 is 0 Å². The summed E-state index contributed by atoms with van der Waals surface area (Å²) in [5.74, 6) is 0. The van der Waals surface area contributed by atoms with Crippen molar-refractivity contribution in [3.8, 4) is 0 Å². The zero-order valence-corrected chi connectivity index (χ0v) is 10.1. The zero-order valence-electron chi connectivity index (χ0n) is 10.1. The van der Waals surface area contributed by atoms with Crippen LogP contribution >= 0.6 is 0 Å². The molecule has 0 unspecified atom stereocenters. The number of rotatable bonds is 1. The fraction of sp³-hybridized carbons (Fsp3) is 0.600. The van der Waals surface area contributed by atoms with Crippen LogP contribution in [-0.4, -0.2) is 0 Å². The van der Waals surface area contributed by atoms with Gasteiger partial charge in [-0.05, 0) is 42.9 Å². The predicted molar refractivity (Wildman–Crippen MR) is 66.7 cm³/mol. The Labute approximate surface area is 93.8 Å². The molecule has 2 aliphatic rings. The van der Waals surface area contributed by atoms with Gasteiger partial charge in [-0.3, -0.25) is 0 Å². The minimum atomic E-state index is 0.307. The van der Waals surface area contributed by atoms with Crippen LogP contribution in [0.15, 0.2) is 36.5 Å². The molecule has 0 spiro atoms. The highest BCUT2D eigenvalue weighted by atomic mass is 14.5. The molecule has 2 rings (SSSR count). The molecule has 0 aromatic carbocycles. The number of hydrogen-bond donors (Lipinski definition) is 0. The first-order valence-corrected chi connectivity index (χ1v) is 6.03. The Kier molecular flexibility index (Phi) is 2.41. The van der Waals surface area contributed by atoms with Crippen LogP contribution in [0, 0.1) is 10.8 Å². The Balaban J connectivity index is 2.33. The highest BCUT2D eigenvalue weighted by Gasteiger charge is 2.47. The van der Waals surface area contributed by atoms with Gasteiger partial charge in [-0.2, -0.15) is 0 Å². The Morgan fingerprint density at radius 2 is 2.00 bits per heavy atom. The van der Waals surface area contributed by atoms with E-state index in [0.29, 0.717) is 10.8 Å². The summed E-state index contributed by atoms with van der Waals surface area (Å²) in [5, 5.41) is 0. The van der Waals surface area contributed by atoms with Crippen molar-refractivity contribution < 1.29 is 0 Å². The van der Waals surface area contributed by atoms with E-state index in [2.05, 4.69) is 39.2 Å². The summed E-state index contributed by atoms with van der Waals surface area (Å²) in [6.45, 7) is 13.1. The van der Waals surface area contributed by atoms with Crippen LogP contribution in [0.4, 0.5) is 0 Å². The third-order valence-electron chi connectivity index (χ3n) is 4.85. The van der Waals surface area contributed by atoms with Crippen molar-refractivity contribution >= 4 is 0 Å². The minimum Gasteiger partial charge on any atom is -0.0993 e.